The second-order valence-electron chi connectivity index (χ2n) is 10.7. The summed E-state index contributed by atoms with van der Waals surface area (Å²) in [5, 5.41) is 0. The van der Waals surface area contributed by atoms with Gasteiger partial charge >= 0.3 is 0 Å². The second kappa shape index (κ2) is 10.8. The molecule has 0 bridgehead atoms. The highest BCUT2D eigenvalue weighted by Crippen LogP contribution is 2.55. The molecule has 0 saturated carbocycles. The number of nitrogen functional groups attached to an aromatic ring is 1. The van der Waals surface area contributed by atoms with Gasteiger partial charge in [0.15, 0.2) is 14.7 Å². The first-order valence-corrected chi connectivity index (χ1v) is 15.1. The molecular formula is C35H40NS+. The van der Waals surface area contributed by atoms with Crippen LogP contribution in [0, 0.1) is 13.8 Å². The van der Waals surface area contributed by atoms with Gasteiger partial charge < -0.3 is 5.73 Å². The van der Waals surface area contributed by atoms with Crippen LogP contribution in [0.4, 0.5) is 5.69 Å². The molecule has 0 fully saturated rings. The van der Waals surface area contributed by atoms with Gasteiger partial charge in [-0.05, 0) is 104 Å². The van der Waals surface area contributed by atoms with Crippen molar-refractivity contribution in [2.75, 3.05) is 5.73 Å². The third-order valence-electron chi connectivity index (χ3n) is 8.02. The SMILES string of the molecule is CCCCC1(CCCC)c2ccc(N)cc2-c2ccc([S+](c3ccc(C)cc3)c3ccc(C)cc3)cc21. The van der Waals surface area contributed by atoms with Crippen LogP contribution in [-0.4, -0.2) is 0 Å². The summed E-state index contributed by atoms with van der Waals surface area (Å²) in [6, 6.07) is 32.3. The van der Waals surface area contributed by atoms with Gasteiger partial charge in [-0.3, -0.25) is 0 Å². The highest BCUT2D eigenvalue weighted by atomic mass is 32.2. The lowest BCUT2D eigenvalue weighted by atomic mass is 9.71. The van der Waals surface area contributed by atoms with E-state index < -0.39 is 0 Å². The quantitative estimate of drug-likeness (QED) is 0.177. The van der Waals surface area contributed by atoms with Crippen molar-refractivity contribution in [1.82, 2.24) is 0 Å². The van der Waals surface area contributed by atoms with E-state index in [-0.39, 0.29) is 16.3 Å². The number of anilines is 1. The average Bonchev–Trinajstić information content (AvgIpc) is 3.17. The lowest BCUT2D eigenvalue weighted by Gasteiger charge is -2.32. The van der Waals surface area contributed by atoms with Crippen molar-refractivity contribution in [1.29, 1.82) is 0 Å². The Morgan fingerprint density at radius 2 is 1.14 bits per heavy atom. The molecule has 1 aliphatic rings. The Kier molecular flexibility index (Phi) is 7.49. The number of nitrogens with two attached hydrogens (primary N) is 1. The Hall–Kier alpha value is -2.97. The fraction of sp³-hybridized carbons (Fsp3) is 0.314. The van der Waals surface area contributed by atoms with Gasteiger partial charge in [0, 0.05) is 11.1 Å². The molecule has 2 heteroatoms. The van der Waals surface area contributed by atoms with Crippen LogP contribution in [0.25, 0.3) is 11.1 Å². The molecule has 2 N–H and O–H groups in total. The highest BCUT2D eigenvalue weighted by molar-refractivity contribution is 7.97. The zero-order valence-corrected chi connectivity index (χ0v) is 23.6. The Labute approximate surface area is 226 Å². The maximum absolute atomic E-state index is 6.33. The average molecular weight is 507 g/mol. The lowest BCUT2D eigenvalue weighted by Crippen LogP contribution is -2.25. The van der Waals surface area contributed by atoms with E-state index in [1.54, 1.807) is 0 Å². The largest absolute Gasteiger partial charge is 0.399 e. The number of fused-ring (bicyclic) bond motifs is 3. The predicted molar refractivity (Wildman–Crippen MR) is 161 cm³/mol. The van der Waals surface area contributed by atoms with Crippen molar-refractivity contribution in [2.24, 2.45) is 0 Å². The maximum Gasteiger partial charge on any atom is 0.166 e. The summed E-state index contributed by atoms with van der Waals surface area (Å²) >= 11 is 0. The molecule has 0 saturated heterocycles. The lowest BCUT2D eigenvalue weighted by molar-refractivity contribution is 0.414. The topological polar surface area (TPSA) is 26.0 Å². The third-order valence-corrected chi connectivity index (χ3v) is 10.2. The van der Waals surface area contributed by atoms with E-state index in [9.17, 15) is 0 Å². The van der Waals surface area contributed by atoms with Gasteiger partial charge in [-0.25, -0.2) is 0 Å². The number of benzene rings is 4. The molecule has 0 aliphatic heterocycles. The minimum absolute atomic E-state index is 0.0655. The molecule has 4 aromatic rings. The van der Waals surface area contributed by atoms with Crippen LogP contribution in [0.15, 0.2) is 99.6 Å². The summed E-state index contributed by atoms with van der Waals surface area (Å²) in [5.41, 5.74) is 15.6. The maximum atomic E-state index is 6.33. The van der Waals surface area contributed by atoms with E-state index >= 15 is 0 Å². The summed E-state index contributed by atoms with van der Waals surface area (Å²) in [7, 11) is -0.163. The normalized spacial score (nSPS) is 13.5. The van der Waals surface area contributed by atoms with Gasteiger partial charge in [0.2, 0.25) is 0 Å². The van der Waals surface area contributed by atoms with Crippen LogP contribution in [-0.2, 0) is 16.3 Å². The van der Waals surface area contributed by atoms with E-state index in [0.717, 1.165) is 5.69 Å². The fourth-order valence-corrected chi connectivity index (χ4v) is 8.08. The van der Waals surface area contributed by atoms with E-state index in [4.69, 9.17) is 5.73 Å². The van der Waals surface area contributed by atoms with Gasteiger partial charge in [-0.15, -0.1) is 0 Å². The molecule has 0 atom stereocenters. The molecule has 0 amide bonds. The molecule has 0 heterocycles. The molecule has 0 unspecified atom stereocenters. The van der Waals surface area contributed by atoms with Crippen molar-refractivity contribution < 1.29 is 0 Å². The first kappa shape index (κ1) is 25.7. The second-order valence-corrected chi connectivity index (χ2v) is 12.8. The summed E-state index contributed by atoms with van der Waals surface area (Å²) in [6.45, 7) is 8.97. The minimum atomic E-state index is -0.163. The van der Waals surface area contributed by atoms with Crippen molar-refractivity contribution in [3.8, 4) is 11.1 Å². The number of rotatable bonds is 9. The van der Waals surface area contributed by atoms with Gasteiger partial charge in [-0.2, -0.15) is 0 Å². The molecule has 0 radical (unpaired) electrons. The van der Waals surface area contributed by atoms with Crippen LogP contribution in [0.5, 0.6) is 0 Å². The van der Waals surface area contributed by atoms with Crippen LogP contribution in [0.1, 0.15) is 74.6 Å². The molecule has 1 aliphatic carbocycles. The standard InChI is InChI=1S/C35H40NS/c1-5-7-21-35(22-8-6-2)33-20-13-27(36)23-32(33)31-19-18-30(24-34(31)35)37(28-14-9-25(3)10-15-28)29-16-11-26(4)12-17-29/h9-20,23-24H,5-8,21-22,36H2,1-4H3/q+1. The molecule has 0 aromatic heterocycles. The van der Waals surface area contributed by atoms with Crippen molar-refractivity contribution in [2.45, 2.75) is 86.3 Å². The van der Waals surface area contributed by atoms with Gasteiger partial charge in [0.1, 0.15) is 0 Å². The number of aryl methyl sites for hydroxylation is 2. The first-order chi connectivity index (χ1) is 18.0. The predicted octanol–water partition coefficient (Wildman–Crippen LogP) is 9.63. The molecule has 1 nitrogen and oxygen atoms in total. The highest BCUT2D eigenvalue weighted by Gasteiger charge is 2.43. The fourth-order valence-electron chi connectivity index (χ4n) is 6.01. The van der Waals surface area contributed by atoms with Crippen molar-refractivity contribution >= 4 is 16.6 Å². The zero-order valence-electron chi connectivity index (χ0n) is 22.8. The Balaban J connectivity index is 1.72. The molecule has 190 valence electrons. The Bertz CT molecular complexity index is 1310. The van der Waals surface area contributed by atoms with Gasteiger partial charge in [0.05, 0.1) is 10.9 Å². The number of hydrogen-bond acceptors (Lipinski definition) is 1. The smallest absolute Gasteiger partial charge is 0.166 e. The molecule has 5 rings (SSSR count). The van der Waals surface area contributed by atoms with E-state index in [0.29, 0.717) is 0 Å². The number of hydrogen-bond donors (Lipinski definition) is 1. The number of unbranched alkanes of at least 4 members (excludes halogenated alkanes) is 2. The van der Waals surface area contributed by atoms with Crippen molar-refractivity contribution in [3.05, 3.63) is 107 Å². The van der Waals surface area contributed by atoms with Gasteiger partial charge in [0.25, 0.3) is 0 Å². The van der Waals surface area contributed by atoms with E-state index in [1.807, 2.05) is 0 Å². The minimum Gasteiger partial charge on any atom is -0.399 e. The van der Waals surface area contributed by atoms with Crippen LogP contribution in [0.2, 0.25) is 0 Å². The molecule has 37 heavy (non-hydrogen) atoms. The van der Waals surface area contributed by atoms with E-state index in [2.05, 4.69) is 113 Å². The third kappa shape index (κ3) is 4.84. The Morgan fingerprint density at radius 3 is 1.68 bits per heavy atom. The molecule has 4 aromatic carbocycles. The summed E-state index contributed by atoms with van der Waals surface area (Å²) in [4.78, 5) is 4.16. The van der Waals surface area contributed by atoms with Crippen molar-refractivity contribution in [3.63, 3.8) is 0 Å². The van der Waals surface area contributed by atoms with Gasteiger partial charge in [-0.1, -0.05) is 81.0 Å². The summed E-state index contributed by atoms with van der Waals surface area (Å²) in [6.07, 6.45) is 7.28. The van der Waals surface area contributed by atoms with E-state index in [1.165, 1.54) is 86.6 Å². The van der Waals surface area contributed by atoms with Crippen LogP contribution < -0.4 is 5.73 Å². The first-order valence-electron chi connectivity index (χ1n) is 13.9. The Morgan fingerprint density at radius 1 is 0.595 bits per heavy atom. The summed E-state index contributed by atoms with van der Waals surface area (Å²) < 4.78 is 0. The monoisotopic (exact) mass is 506 g/mol. The molecule has 0 spiro atoms. The van der Waals surface area contributed by atoms with Crippen LogP contribution in [0.3, 0.4) is 0 Å². The van der Waals surface area contributed by atoms with Crippen LogP contribution >= 0.6 is 0 Å². The summed E-state index contributed by atoms with van der Waals surface area (Å²) in [5.74, 6) is 0. The molecular weight excluding hydrogens is 466 g/mol. The zero-order chi connectivity index (χ0) is 26.0.